The van der Waals surface area contributed by atoms with E-state index in [1.807, 2.05) is 30.5 Å². The summed E-state index contributed by atoms with van der Waals surface area (Å²) < 4.78 is 5.16. The summed E-state index contributed by atoms with van der Waals surface area (Å²) in [5.74, 6) is 0.432. The lowest BCUT2D eigenvalue weighted by atomic mass is 10.2. The number of ether oxygens (including phenoxy) is 1. The molecule has 3 nitrogen and oxygen atoms in total. The van der Waals surface area contributed by atoms with Crippen molar-refractivity contribution in [2.24, 2.45) is 0 Å². The fourth-order valence-electron chi connectivity index (χ4n) is 1.54. The van der Waals surface area contributed by atoms with Crippen molar-refractivity contribution in [3.8, 4) is 5.75 Å². The van der Waals surface area contributed by atoms with E-state index >= 15 is 0 Å². The predicted octanol–water partition coefficient (Wildman–Crippen LogP) is 3.32. The number of thiophene rings is 1. The van der Waals surface area contributed by atoms with Gasteiger partial charge < -0.3 is 10.1 Å². The molecule has 0 bridgehead atoms. The van der Waals surface area contributed by atoms with Crippen LogP contribution in [0.1, 0.15) is 15.2 Å². The Kier molecular flexibility index (Phi) is 3.44. The van der Waals surface area contributed by atoms with Gasteiger partial charge in [0, 0.05) is 4.88 Å². The maximum atomic E-state index is 12.1. The molecule has 0 aliphatic heterocycles. The van der Waals surface area contributed by atoms with Gasteiger partial charge >= 0.3 is 0 Å². The number of nitrogens with one attached hydrogen (secondary N) is 1. The van der Waals surface area contributed by atoms with Gasteiger partial charge in [-0.05, 0) is 30.5 Å². The molecule has 0 saturated heterocycles. The van der Waals surface area contributed by atoms with Crippen molar-refractivity contribution in [3.63, 3.8) is 0 Å². The van der Waals surface area contributed by atoms with Crippen LogP contribution in [-0.4, -0.2) is 13.0 Å². The van der Waals surface area contributed by atoms with E-state index in [1.165, 1.54) is 0 Å². The molecule has 1 heterocycles. The molecule has 4 heteroatoms. The highest BCUT2D eigenvalue weighted by Crippen LogP contribution is 2.23. The summed E-state index contributed by atoms with van der Waals surface area (Å²) in [6, 6.07) is 9.07. The van der Waals surface area contributed by atoms with Crippen molar-refractivity contribution in [1.82, 2.24) is 0 Å². The van der Waals surface area contributed by atoms with E-state index in [0.29, 0.717) is 11.3 Å². The molecule has 2 rings (SSSR count). The Morgan fingerprint density at radius 2 is 2.06 bits per heavy atom. The summed E-state index contributed by atoms with van der Waals surface area (Å²) >= 11 is 1.61. The zero-order valence-corrected chi connectivity index (χ0v) is 10.5. The van der Waals surface area contributed by atoms with Crippen LogP contribution in [0.5, 0.6) is 5.75 Å². The molecule has 0 unspecified atom stereocenters. The van der Waals surface area contributed by atoms with E-state index in [-0.39, 0.29) is 5.91 Å². The first kappa shape index (κ1) is 11.7. The SMILES string of the molecule is COc1ccccc1C(=O)Nc1ccsc1C. The molecule has 1 N–H and O–H groups in total. The van der Waals surface area contributed by atoms with Gasteiger partial charge in [-0.15, -0.1) is 11.3 Å². The Bertz CT molecular complexity index is 534. The standard InChI is InChI=1S/C13H13NO2S/c1-9-11(7-8-17-9)14-13(15)10-5-3-4-6-12(10)16-2/h3-8H,1-2H3,(H,14,15). The number of amides is 1. The summed E-state index contributed by atoms with van der Waals surface area (Å²) in [6.07, 6.45) is 0. The number of carbonyl (C=O) groups excluding carboxylic acids is 1. The van der Waals surface area contributed by atoms with Gasteiger partial charge in [0.2, 0.25) is 0 Å². The molecule has 88 valence electrons. The quantitative estimate of drug-likeness (QED) is 0.903. The third-order valence-corrected chi connectivity index (χ3v) is 3.30. The third-order valence-electron chi connectivity index (χ3n) is 2.46. The number of anilines is 1. The highest BCUT2D eigenvalue weighted by atomic mass is 32.1. The Balaban J connectivity index is 2.23. The molecule has 0 atom stereocenters. The van der Waals surface area contributed by atoms with E-state index in [1.54, 1.807) is 30.6 Å². The summed E-state index contributed by atoms with van der Waals surface area (Å²) in [5, 5.41) is 4.82. The smallest absolute Gasteiger partial charge is 0.259 e. The van der Waals surface area contributed by atoms with Gasteiger partial charge in [0.05, 0.1) is 18.4 Å². The van der Waals surface area contributed by atoms with Crippen molar-refractivity contribution in [3.05, 3.63) is 46.2 Å². The van der Waals surface area contributed by atoms with Gasteiger partial charge in [-0.3, -0.25) is 4.79 Å². The lowest BCUT2D eigenvalue weighted by molar-refractivity contribution is 0.102. The zero-order valence-electron chi connectivity index (χ0n) is 9.69. The summed E-state index contributed by atoms with van der Waals surface area (Å²) in [5.41, 5.74) is 1.39. The second-order valence-electron chi connectivity index (χ2n) is 3.54. The minimum Gasteiger partial charge on any atom is -0.496 e. The first-order chi connectivity index (χ1) is 8.22. The van der Waals surface area contributed by atoms with Gasteiger partial charge in [-0.2, -0.15) is 0 Å². The van der Waals surface area contributed by atoms with E-state index in [0.717, 1.165) is 10.6 Å². The summed E-state index contributed by atoms with van der Waals surface area (Å²) in [7, 11) is 1.56. The lowest BCUT2D eigenvalue weighted by Crippen LogP contribution is -2.13. The highest BCUT2D eigenvalue weighted by Gasteiger charge is 2.12. The van der Waals surface area contributed by atoms with Crippen molar-refractivity contribution in [1.29, 1.82) is 0 Å². The number of aryl methyl sites for hydroxylation is 1. The van der Waals surface area contributed by atoms with Crippen LogP contribution in [0.2, 0.25) is 0 Å². The molecule has 0 spiro atoms. The van der Waals surface area contributed by atoms with E-state index < -0.39 is 0 Å². The van der Waals surface area contributed by atoms with E-state index in [2.05, 4.69) is 5.32 Å². The van der Waals surface area contributed by atoms with Crippen LogP contribution in [0.25, 0.3) is 0 Å². The minimum atomic E-state index is -0.149. The van der Waals surface area contributed by atoms with Crippen LogP contribution in [0.15, 0.2) is 35.7 Å². The van der Waals surface area contributed by atoms with Crippen LogP contribution >= 0.6 is 11.3 Å². The average molecular weight is 247 g/mol. The number of methoxy groups -OCH3 is 1. The molecule has 2 aromatic rings. The van der Waals surface area contributed by atoms with Crippen LogP contribution in [-0.2, 0) is 0 Å². The molecule has 0 saturated carbocycles. The molecule has 17 heavy (non-hydrogen) atoms. The lowest BCUT2D eigenvalue weighted by Gasteiger charge is -2.08. The maximum absolute atomic E-state index is 12.1. The third kappa shape index (κ3) is 2.47. The maximum Gasteiger partial charge on any atom is 0.259 e. The van der Waals surface area contributed by atoms with Gasteiger partial charge in [-0.1, -0.05) is 12.1 Å². The zero-order chi connectivity index (χ0) is 12.3. The first-order valence-corrected chi connectivity index (χ1v) is 6.09. The number of hydrogen-bond donors (Lipinski definition) is 1. The first-order valence-electron chi connectivity index (χ1n) is 5.21. The molecule has 1 amide bonds. The Hall–Kier alpha value is -1.81. The van der Waals surface area contributed by atoms with Gasteiger partial charge in [0.1, 0.15) is 5.75 Å². The predicted molar refractivity (Wildman–Crippen MR) is 70.0 cm³/mol. The van der Waals surface area contributed by atoms with Crippen molar-refractivity contribution in [2.75, 3.05) is 12.4 Å². The van der Waals surface area contributed by atoms with Crippen LogP contribution < -0.4 is 10.1 Å². The molecule has 0 radical (unpaired) electrons. The largest absolute Gasteiger partial charge is 0.496 e. The molecule has 0 aliphatic carbocycles. The molecule has 1 aromatic heterocycles. The normalized spacial score (nSPS) is 10.0. The van der Waals surface area contributed by atoms with Crippen LogP contribution in [0.4, 0.5) is 5.69 Å². The fraction of sp³-hybridized carbons (Fsp3) is 0.154. The second kappa shape index (κ2) is 5.01. The van der Waals surface area contributed by atoms with Crippen LogP contribution in [0.3, 0.4) is 0 Å². The van der Waals surface area contributed by atoms with Crippen molar-refractivity contribution >= 4 is 22.9 Å². The van der Waals surface area contributed by atoms with E-state index in [4.69, 9.17) is 4.74 Å². The van der Waals surface area contributed by atoms with Gasteiger partial charge in [-0.25, -0.2) is 0 Å². The fourth-order valence-corrected chi connectivity index (χ4v) is 2.19. The molecule has 0 aliphatic rings. The average Bonchev–Trinajstić information content (AvgIpc) is 2.75. The van der Waals surface area contributed by atoms with Crippen molar-refractivity contribution in [2.45, 2.75) is 6.92 Å². The summed E-state index contributed by atoms with van der Waals surface area (Å²) in [4.78, 5) is 13.1. The van der Waals surface area contributed by atoms with Crippen LogP contribution in [0, 0.1) is 6.92 Å². The number of benzene rings is 1. The van der Waals surface area contributed by atoms with Gasteiger partial charge in [0.15, 0.2) is 0 Å². The number of hydrogen-bond acceptors (Lipinski definition) is 3. The Morgan fingerprint density at radius 3 is 2.71 bits per heavy atom. The Morgan fingerprint density at radius 1 is 1.29 bits per heavy atom. The van der Waals surface area contributed by atoms with Crippen molar-refractivity contribution < 1.29 is 9.53 Å². The van der Waals surface area contributed by atoms with Gasteiger partial charge in [0.25, 0.3) is 5.91 Å². The molecule has 0 fully saturated rings. The Labute approximate surface area is 104 Å². The monoisotopic (exact) mass is 247 g/mol. The molecular weight excluding hydrogens is 234 g/mol. The number of rotatable bonds is 3. The minimum absolute atomic E-state index is 0.149. The topological polar surface area (TPSA) is 38.3 Å². The highest BCUT2D eigenvalue weighted by molar-refractivity contribution is 7.10. The number of carbonyl (C=O) groups is 1. The van der Waals surface area contributed by atoms with E-state index in [9.17, 15) is 4.79 Å². The molecular formula is C13H13NO2S. The second-order valence-corrected chi connectivity index (χ2v) is 4.67. The number of para-hydroxylation sites is 1. The summed E-state index contributed by atoms with van der Waals surface area (Å²) in [6.45, 7) is 1.97. The molecule has 1 aromatic carbocycles.